The quantitative estimate of drug-likeness (QED) is 0.0454. The normalized spacial score (nSPS) is 17.6. The van der Waals surface area contributed by atoms with Crippen LogP contribution in [0, 0.1) is 0 Å². The van der Waals surface area contributed by atoms with Gasteiger partial charge in [-0.2, -0.15) is 8.42 Å². The van der Waals surface area contributed by atoms with Crippen molar-refractivity contribution in [3.05, 3.63) is 34.6 Å². The number of carbonyl (C=O) groups excluding carboxylic acids is 2. The maximum absolute atomic E-state index is 12.9. The number of carbonyl (C=O) groups is 3. The highest BCUT2D eigenvalue weighted by Gasteiger charge is 2.51. The van der Waals surface area contributed by atoms with E-state index in [0.29, 0.717) is 0 Å². The number of aromatic hydroxyl groups is 2. The molecule has 0 bridgehead atoms. The summed E-state index contributed by atoms with van der Waals surface area (Å²) in [7, 11) is -4.80. The number of nitrogen functional groups attached to an aromatic ring is 1. The number of thiazole rings is 1. The van der Waals surface area contributed by atoms with Gasteiger partial charge in [0.2, 0.25) is 0 Å². The number of benzene rings is 1. The van der Waals surface area contributed by atoms with E-state index in [2.05, 4.69) is 25.4 Å². The van der Waals surface area contributed by atoms with E-state index in [0.717, 1.165) is 23.5 Å². The molecule has 3 aromatic rings. The summed E-state index contributed by atoms with van der Waals surface area (Å²) in [6.45, 7) is 0.982. The number of amides is 2. The third kappa shape index (κ3) is 5.49. The Bertz CT molecular complexity index is 1640. The van der Waals surface area contributed by atoms with Crippen molar-refractivity contribution in [1.82, 2.24) is 24.6 Å². The molecule has 0 spiro atoms. The molecule has 1 aromatic carbocycles. The topological polar surface area (TPSA) is 268 Å². The Balaban J connectivity index is 1.52. The first-order valence-corrected chi connectivity index (χ1v) is 13.0. The molecule has 1 saturated heterocycles. The number of carboxylic acids is 1. The Morgan fingerprint density at radius 1 is 1.21 bits per heavy atom. The van der Waals surface area contributed by atoms with E-state index in [4.69, 9.17) is 15.1 Å². The summed E-state index contributed by atoms with van der Waals surface area (Å²) in [5.41, 5.74) is 4.83. The fourth-order valence-electron chi connectivity index (χ4n) is 3.63. The first kappa shape index (κ1) is 27.4. The van der Waals surface area contributed by atoms with E-state index in [1.807, 2.05) is 0 Å². The second kappa shape index (κ2) is 10.3. The lowest BCUT2D eigenvalue weighted by atomic mass is 10.0. The maximum Gasteiger partial charge on any atom is 0.362 e. The molecule has 1 aliphatic heterocycles. The van der Waals surface area contributed by atoms with E-state index in [-0.39, 0.29) is 44.9 Å². The number of oxime groups is 1. The van der Waals surface area contributed by atoms with Gasteiger partial charge in [0.15, 0.2) is 28.0 Å². The Labute approximate surface area is 222 Å². The van der Waals surface area contributed by atoms with Gasteiger partial charge in [0.1, 0.15) is 18.3 Å². The summed E-state index contributed by atoms with van der Waals surface area (Å²) < 4.78 is 31.9. The number of carboxylic acid groups (broad SMARTS) is 1. The van der Waals surface area contributed by atoms with Gasteiger partial charge in [-0.05, 0) is 6.92 Å². The molecule has 0 radical (unpaired) electrons. The largest absolute Gasteiger partial charge is 0.504 e. The number of phenolic OH excluding ortho intramolecular Hbond substituents is 2. The van der Waals surface area contributed by atoms with Crippen LogP contribution in [-0.2, 0) is 31.2 Å². The number of aromatic nitrogens is 3. The molecule has 1 aliphatic rings. The molecule has 39 heavy (non-hydrogen) atoms. The minimum absolute atomic E-state index is 0.0203. The monoisotopic (exact) mass is 581 g/mol. The Kier molecular flexibility index (Phi) is 7.22. The van der Waals surface area contributed by atoms with E-state index >= 15 is 0 Å². The number of rotatable bonds is 9. The molecule has 17 nitrogen and oxygen atoms in total. The van der Waals surface area contributed by atoms with Crippen molar-refractivity contribution in [1.29, 1.82) is 0 Å². The van der Waals surface area contributed by atoms with Crippen molar-refractivity contribution >= 4 is 61.3 Å². The summed E-state index contributed by atoms with van der Waals surface area (Å²) in [4.78, 5) is 53.9. The predicted octanol–water partition coefficient (Wildman–Crippen LogP) is -0.740. The molecule has 2 aromatic heterocycles. The average Bonchev–Trinajstić information content (AvgIpc) is 3.27. The number of β-lactam (4-membered cyclic amide) rings is 1. The van der Waals surface area contributed by atoms with Gasteiger partial charge < -0.3 is 31.2 Å². The predicted molar refractivity (Wildman–Crippen MR) is 132 cm³/mol. The molecule has 2 atom stereocenters. The van der Waals surface area contributed by atoms with E-state index < -0.39 is 63.1 Å². The van der Waals surface area contributed by atoms with E-state index in [9.17, 15) is 38.1 Å². The highest BCUT2D eigenvalue weighted by atomic mass is 32.2. The summed E-state index contributed by atoms with van der Waals surface area (Å²) >= 11 is 0.979. The zero-order valence-electron chi connectivity index (χ0n) is 19.7. The highest BCUT2D eigenvalue weighted by molar-refractivity contribution is 7.84. The van der Waals surface area contributed by atoms with Gasteiger partial charge in [-0.25, -0.2) is 24.1 Å². The van der Waals surface area contributed by atoms with Crippen LogP contribution in [0.15, 0.2) is 22.7 Å². The van der Waals surface area contributed by atoms with Crippen molar-refractivity contribution in [3.8, 4) is 11.5 Å². The van der Waals surface area contributed by atoms with Crippen LogP contribution >= 0.6 is 11.3 Å². The second-order valence-corrected chi connectivity index (χ2v) is 10.2. The van der Waals surface area contributed by atoms with Crippen LogP contribution in [0.25, 0.3) is 11.0 Å². The third-order valence-electron chi connectivity index (χ3n) is 5.47. The Hall–Kier alpha value is -4.62. The van der Waals surface area contributed by atoms with Crippen LogP contribution in [0.1, 0.15) is 28.8 Å². The number of hydrogen-bond donors (Lipinski definition) is 6. The molecule has 7 N–H and O–H groups in total. The van der Waals surface area contributed by atoms with Gasteiger partial charge in [0, 0.05) is 23.9 Å². The van der Waals surface area contributed by atoms with Crippen LogP contribution in [0.4, 0.5) is 5.13 Å². The van der Waals surface area contributed by atoms with Crippen molar-refractivity contribution < 1.29 is 47.5 Å². The number of aromatic carboxylic acids is 1. The highest BCUT2D eigenvalue weighted by Crippen LogP contribution is 2.29. The average molecular weight is 582 g/mol. The van der Waals surface area contributed by atoms with Crippen LogP contribution < -0.4 is 11.1 Å². The smallest absolute Gasteiger partial charge is 0.362 e. The van der Waals surface area contributed by atoms with Crippen molar-refractivity contribution in [2.24, 2.45) is 5.16 Å². The van der Waals surface area contributed by atoms with Gasteiger partial charge in [-0.3, -0.25) is 14.1 Å². The van der Waals surface area contributed by atoms with Crippen molar-refractivity contribution in [2.75, 3.05) is 12.3 Å². The lowest BCUT2D eigenvalue weighted by Gasteiger charge is -2.42. The van der Waals surface area contributed by atoms with Gasteiger partial charge in [-0.15, -0.1) is 11.3 Å². The zero-order chi connectivity index (χ0) is 28.6. The molecule has 0 aliphatic carbocycles. The van der Waals surface area contributed by atoms with Gasteiger partial charge in [-0.1, -0.05) is 5.16 Å². The van der Waals surface area contributed by atoms with Gasteiger partial charge in [0.05, 0.1) is 22.8 Å². The maximum atomic E-state index is 12.9. The lowest BCUT2D eigenvalue weighted by Crippen LogP contribution is -2.71. The number of phenols is 2. The number of hydrogen-bond acceptors (Lipinski definition) is 14. The molecule has 19 heteroatoms. The number of nitrogens with one attached hydrogen (secondary N) is 1. The molecule has 206 valence electrons. The first-order chi connectivity index (χ1) is 18.3. The minimum atomic E-state index is -4.80. The molecule has 3 heterocycles. The lowest BCUT2D eigenvalue weighted by molar-refractivity contribution is -0.143. The van der Waals surface area contributed by atoms with E-state index in [1.54, 1.807) is 0 Å². The minimum Gasteiger partial charge on any atom is -0.504 e. The van der Waals surface area contributed by atoms with Crippen LogP contribution in [0.3, 0.4) is 0 Å². The molecular weight excluding hydrogens is 562 g/mol. The van der Waals surface area contributed by atoms with Crippen LogP contribution in [0.2, 0.25) is 0 Å². The molecule has 4 rings (SSSR count). The van der Waals surface area contributed by atoms with Crippen LogP contribution in [-0.4, -0.2) is 89.7 Å². The number of nitrogens with two attached hydrogens (primary N) is 1. The Morgan fingerprint density at radius 2 is 1.85 bits per heavy atom. The second-order valence-electron chi connectivity index (χ2n) is 8.05. The SMILES string of the molecule is C[C@@H]1[C@H](NC(=O)/C(=N\OCCc2nc3cc(O)c(O)cc3nc2C(=O)O)c2csc(N)n2)C(=O)N1S(=O)(=O)O. The van der Waals surface area contributed by atoms with Gasteiger partial charge >= 0.3 is 16.3 Å². The molecule has 1 fully saturated rings. The summed E-state index contributed by atoms with van der Waals surface area (Å²) in [6.07, 6.45) is -0.161. The summed E-state index contributed by atoms with van der Waals surface area (Å²) in [5, 5.41) is 36.3. The fourth-order valence-corrected chi connectivity index (χ4v) is 5.06. The number of fused-ring (bicyclic) bond motifs is 1. The van der Waals surface area contributed by atoms with Gasteiger partial charge in [0.25, 0.3) is 11.8 Å². The molecule has 2 amide bonds. The first-order valence-electron chi connectivity index (χ1n) is 10.8. The summed E-state index contributed by atoms with van der Waals surface area (Å²) in [5.74, 6) is -4.43. The number of anilines is 1. The van der Waals surface area contributed by atoms with E-state index in [1.165, 1.54) is 12.3 Å². The third-order valence-corrected chi connectivity index (χ3v) is 7.16. The molecule has 0 saturated carbocycles. The summed E-state index contributed by atoms with van der Waals surface area (Å²) in [6, 6.07) is -0.210. The fraction of sp³-hybridized carbons (Fsp3) is 0.250. The zero-order valence-corrected chi connectivity index (χ0v) is 21.3. The van der Waals surface area contributed by atoms with Crippen molar-refractivity contribution in [3.63, 3.8) is 0 Å². The standard InChI is InChI=1S/C20H19N7O10S2/c1-7-14(18(31)27(7)39(34,35)36)25-17(30)15(11-6-38-20(21)24-11)26-37-3-2-8-16(19(32)33)23-10-5-13(29)12(28)4-9(10)22-8/h4-7,14,28-29H,2-3H2,1H3,(H2,21,24)(H,25,30)(H,32,33)(H,34,35,36)/b26-15-/t7-,14+/m1/s1. The van der Waals surface area contributed by atoms with Crippen molar-refractivity contribution in [2.45, 2.75) is 25.4 Å². The van der Waals surface area contributed by atoms with Crippen LogP contribution in [0.5, 0.6) is 11.5 Å². The molecular formula is C20H19N7O10S2. The number of nitrogens with zero attached hydrogens (tertiary/aromatic N) is 5. The molecule has 0 unspecified atom stereocenters. The Morgan fingerprint density at radius 3 is 2.38 bits per heavy atom.